The maximum Gasteiger partial charge on any atom is 0.252 e. The zero-order chi connectivity index (χ0) is 22.0. The Morgan fingerprint density at radius 3 is 2.58 bits per heavy atom. The highest BCUT2D eigenvalue weighted by molar-refractivity contribution is 9.11. The zero-order valence-electron chi connectivity index (χ0n) is 17.4. The summed E-state index contributed by atoms with van der Waals surface area (Å²) in [6.07, 6.45) is 1.43. The maximum absolute atomic E-state index is 13.2. The lowest BCUT2D eigenvalue weighted by atomic mass is 9.97. The Hall–Kier alpha value is -1.62. The second kappa shape index (κ2) is 9.48. The molecule has 168 valence electrons. The Morgan fingerprint density at radius 2 is 1.90 bits per heavy atom. The Kier molecular flexibility index (Phi) is 6.90. The fourth-order valence-corrected chi connectivity index (χ4v) is 7.86. The molecule has 3 heterocycles. The van der Waals surface area contributed by atoms with Crippen molar-refractivity contribution in [3.8, 4) is 5.75 Å². The number of methoxy groups -OCH3 is 1. The van der Waals surface area contributed by atoms with Crippen molar-refractivity contribution in [3.05, 3.63) is 40.2 Å². The molecule has 0 saturated carbocycles. The molecule has 2 aliphatic heterocycles. The standard InChI is InChI=1S/C21H26BrN3O4S2/c1-29-18-6-2-5-17(14-18)23-10-12-24(13-11-23)21(26)16-4-3-9-25(15-16)31(27,28)20-8-7-19(22)30-20/h2,5-8,14,16H,3-4,9-13,15H2,1H3/t16-/m0/s1. The average molecular weight is 528 g/mol. The van der Waals surface area contributed by atoms with Crippen LogP contribution in [0.4, 0.5) is 5.69 Å². The van der Waals surface area contributed by atoms with E-state index in [2.05, 4.69) is 20.8 Å². The number of rotatable bonds is 5. The van der Waals surface area contributed by atoms with Crippen LogP contribution in [0.2, 0.25) is 0 Å². The smallest absolute Gasteiger partial charge is 0.252 e. The number of sulfonamides is 1. The third-order valence-electron chi connectivity index (χ3n) is 5.89. The summed E-state index contributed by atoms with van der Waals surface area (Å²) in [4.78, 5) is 17.3. The quantitative estimate of drug-likeness (QED) is 0.596. The van der Waals surface area contributed by atoms with Crippen LogP contribution >= 0.6 is 27.3 Å². The fraction of sp³-hybridized carbons (Fsp3) is 0.476. The highest BCUT2D eigenvalue weighted by atomic mass is 79.9. The van der Waals surface area contributed by atoms with Crippen molar-refractivity contribution < 1.29 is 17.9 Å². The number of hydrogen-bond donors (Lipinski definition) is 0. The summed E-state index contributed by atoms with van der Waals surface area (Å²) in [6, 6.07) is 11.3. The summed E-state index contributed by atoms with van der Waals surface area (Å²) in [5.41, 5.74) is 1.09. The van der Waals surface area contributed by atoms with E-state index in [1.165, 1.54) is 15.6 Å². The Balaban J connectivity index is 1.37. The Morgan fingerprint density at radius 1 is 1.13 bits per heavy atom. The van der Waals surface area contributed by atoms with E-state index >= 15 is 0 Å². The molecule has 1 atom stereocenters. The van der Waals surface area contributed by atoms with Gasteiger partial charge in [0.2, 0.25) is 5.91 Å². The number of piperazine rings is 1. The number of carbonyl (C=O) groups excluding carboxylic acids is 1. The molecule has 4 rings (SSSR count). The molecule has 0 unspecified atom stereocenters. The molecule has 2 fully saturated rings. The van der Waals surface area contributed by atoms with Crippen molar-refractivity contribution in [2.45, 2.75) is 17.1 Å². The van der Waals surface area contributed by atoms with Gasteiger partial charge in [-0.2, -0.15) is 4.31 Å². The van der Waals surface area contributed by atoms with Gasteiger partial charge in [0.1, 0.15) is 9.96 Å². The van der Waals surface area contributed by atoms with E-state index in [4.69, 9.17) is 4.74 Å². The number of carbonyl (C=O) groups is 1. The van der Waals surface area contributed by atoms with Crippen LogP contribution in [0.15, 0.2) is 44.4 Å². The van der Waals surface area contributed by atoms with Crippen LogP contribution in [0.5, 0.6) is 5.75 Å². The molecule has 31 heavy (non-hydrogen) atoms. The molecule has 10 heteroatoms. The van der Waals surface area contributed by atoms with Crippen molar-refractivity contribution >= 4 is 48.9 Å². The average Bonchev–Trinajstić information content (AvgIpc) is 3.26. The number of hydrogen-bond acceptors (Lipinski definition) is 6. The Labute approximate surface area is 195 Å². The molecule has 0 bridgehead atoms. The van der Waals surface area contributed by atoms with Crippen molar-refractivity contribution in [2.24, 2.45) is 5.92 Å². The van der Waals surface area contributed by atoms with Crippen LogP contribution in [0.25, 0.3) is 0 Å². The van der Waals surface area contributed by atoms with Gasteiger partial charge in [-0.15, -0.1) is 11.3 Å². The number of piperidine rings is 1. The van der Waals surface area contributed by atoms with Gasteiger partial charge in [0.25, 0.3) is 10.0 Å². The number of amides is 1. The number of thiophene rings is 1. The van der Waals surface area contributed by atoms with Gasteiger partial charge in [-0.3, -0.25) is 4.79 Å². The summed E-state index contributed by atoms with van der Waals surface area (Å²) in [5.74, 6) is 0.602. The first-order valence-corrected chi connectivity index (χ1v) is 13.4. The lowest BCUT2D eigenvalue weighted by Crippen LogP contribution is -2.53. The minimum absolute atomic E-state index is 0.0672. The van der Waals surface area contributed by atoms with Gasteiger partial charge < -0.3 is 14.5 Å². The van der Waals surface area contributed by atoms with Crippen LogP contribution in [0.1, 0.15) is 12.8 Å². The van der Waals surface area contributed by atoms with E-state index in [0.29, 0.717) is 30.3 Å². The van der Waals surface area contributed by atoms with Gasteiger partial charge in [0, 0.05) is 51.0 Å². The SMILES string of the molecule is COc1cccc(N2CCN(C(=O)[C@H]3CCCN(S(=O)(=O)c4ccc(Br)s4)C3)CC2)c1. The van der Waals surface area contributed by atoms with Gasteiger partial charge in [0.15, 0.2) is 0 Å². The van der Waals surface area contributed by atoms with E-state index < -0.39 is 10.0 Å². The van der Waals surface area contributed by atoms with Crippen LogP contribution < -0.4 is 9.64 Å². The summed E-state index contributed by atoms with van der Waals surface area (Å²) in [5, 5.41) is 0. The molecule has 0 aliphatic carbocycles. The van der Waals surface area contributed by atoms with Gasteiger partial charge in [0.05, 0.1) is 16.8 Å². The summed E-state index contributed by atoms with van der Waals surface area (Å²) in [7, 11) is -1.91. The second-order valence-corrected chi connectivity index (χ2v) is 12.4. The highest BCUT2D eigenvalue weighted by Gasteiger charge is 2.36. The van der Waals surface area contributed by atoms with Crippen LogP contribution in [-0.2, 0) is 14.8 Å². The summed E-state index contributed by atoms with van der Waals surface area (Å²) >= 11 is 4.53. The molecule has 2 saturated heterocycles. The largest absolute Gasteiger partial charge is 0.497 e. The molecule has 1 aromatic carbocycles. The van der Waals surface area contributed by atoms with Crippen LogP contribution in [0.3, 0.4) is 0 Å². The molecule has 1 amide bonds. The number of nitrogens with zero attached hydrogens (tertiary/aromatic N) is 3. The van der Waals surface area contributed by atoms with Gasteiger partial charge in [-0.05, 0) is 53.0 Å². The lowest BCUT2D eigenvalue weighted by Gasteiger charge is -2.39. The van der Waals surface area contributed by atoms with E-state index in [9.17, 15) is 13.2 Å². The minimum atomic E-state index is -3.56. The Bertz CT molecular complexity index is 1030. The minimum Gasteiger partial charge on any atom is -0.497 e. The number of benzene rings is 1. The fourth-order valence-electron chi connectivity index (χ4n) is 4.18. The molecular formula is C21H26BrN3O4S2. The van der Waals surface area contributed by atoms with Gasteiger partial charge in [-0.25, -0.2) is 8.42 Å². The van der Waals surface area contributed by atoms with Crippen LogP contribution in [-0.4, -0.2) is 69.9 Å². The van der Waals surface area contributed by atoms with Crippen molar-refractivity contribution in [1.82, 2.24) is 9.21 Å². The number of halogens is 1. The molecule has 0 radical (unpaired) electrons. The van der Waals surface area contributed by atoms with Gasteiger partial charge >= 0.3 is 0 Å². The van der Waals surface area contributed by atoms with Gasteiger partial charge in [-0.1, -0.05) is 6.07 Å². The van der Waals surface area contributed by atoms with E-state index in [0.717, 1.165) is 34.7 Å². The maximum atomic E-state index is 13.2. The first kappa shape index (κ1) is 22.6. The molecule has 0 N–H and O–H groups in total. The zero-order valence-corrected chi connectivity index (χ0v) is 20.6. The molecule has 7 nitrogen and oxygen atoms in total. The molecule has 2 aromatic rings. The van der Waals surface area contributed by atoms with Crippen molar-refractivity contribution in [1.29, 1.82) is 0 Å². The first-order chi connectivity index (χ1) is 14.9. The first-order valence-electron chi connectivity index (χ1n) is 10.3. The van der Waals surface area contributed by atoms with Crippen molar-refractivity contribution in [3.63, 3.8) is 0 Å². The van der Waals surface area contributed by atoms with Crippen molar-refractivity contribution in [2.75, 3.05) is 51.3 Å². The number of anilines is 1. The highest BCUT2D eigenvalue weighted by Crippen LogP contribution is 2.31. The van der Waals surface area contributed by atoms with Crippen LogP contribution in [0, 0.1) is 5.92 Å². The van der Waals surface area contributed by atoms with E-state index in [-0.39, 0.29) is 18.4 Å². The van der Waals surface area contributed by atoms with E-state index in [1.54, 1.807) is 19.2 Å². The molecule has 2 aliphatic rings. The lowest BCUT2D eigenvalue weighted by molar-refractivity contribution is -0.137. The molecule has 1 aromatic heterocycles. The normalized spacial score (nSPS) is 20.6. The second-order valence-electron chi connectivity index (χ2n) is 7.77. The monoisotopic (exact) mass is 527 g/mol. The predicted octanol–water partition coefficient (Wildman–Crippen LogP) is 3.27. The number of ether oxygens (including phenoxy) is 1. The topological polar surface area (TPSA) is 70.2 Å². The third-order valence-corrected chi connectivity index (χ3v) is 9.84. The third kappa shape index (κ3) is 4.92. The summed E-state index contributed by atoms with van der Waals surface area (Å²) < 4.78 is 33.8. The predicted molar refractivity (Wildman–Crippen MR) is 125 cm³/mol. The molecule has 0 spiro atoms. The summed E-state index contributed by atoms with van der Waals surface area (Å²) in [6.45, 7) is 3.49. The van der Waals surface area contributed by atoms with E-state index in [1.807, 2.05) is 29.2 Å². The molecular weight excluding hydrogens is 502 g/mol.